The molecule has 0 atom stereocenters. The van der Waals surface area contributed by atoms with Crippen LogP contribution in [-0.2, 0) is 0 Å². The Labute approximate surface area is 189 Å². The van der Waals surface area contributed by atoms with E-state index in [0.717, 1.165) is 22.7 Å². The molecule has 0 saturated heterocycles. The number of carbonyl (C=O) groups excluding carboxylic acids is 2. The maximum Gasteiger partial charge on any atom is 0.325 e. The Hall–Kier alpha value is -4.04. The zero-order valence-electron chi connectivity index (χ0n) is 17.5. The number of benzene rings is 3. The number of hydrogen-bond acceptors (Lipinski definition) is 6. The van der Waals surface area contributed by atoms with Crippen molar-refractivity contribution in [3.05, 3.63) is 89.5 Å². The fraction of sp³-hybridized carbons (Fsp3) is 0.0833. The van der Waals surface area contributed by atoms with Gasteiger partial charge in [0.05, 0.1) is 18.4 Å². The van der Waals surface area contributed by atoms with Crippen molar-refractivity contribution >= 4 is 34.2 Å². The number of hydrogen-bond donors (Lipinski definition) is 2. The van der Waals surface area contributed by atoms with Crippen LogP contribution in [0.15, 0.2) is 72.8 Å². The number of anilines is 2. The Balaban J connectivity index is 1.54. The Kier molecular flexibility index (Phi) is 6.23. The van der Waals surface area contributed by atoms with E-state index in [4.69, 9.17) is 4.74 Å². The molecule has 7 nitrogen and oxygen atoms in total. The monoisotopic (exact) mass is 444 g/mol. The highest BCUT2D eigenvalue weighted by Crippen LogP contribution is 2.27. The summed E-state index contributed by atoms with van der Waals surface area (Å²) in [6.07, 6.45) is 0. The predicted octanol–water partition coefficient (Wildman–Crippen LogP) is 5.40. The van der Waals surface area contributed by atoms with Crippen LogP contribution in [0.3, 0.4) is 0 Å². The number of carbonyl (C=O) groups is 2. The molecule has 32 heavy (non-hydrogen) atoms. The molecule has 160 valence electrons. The maximum atomic E-state index is 13.2. The van der Waals surface area contributed by atoms with Crippen molar-refractivity contribution < 1.29 is 14.3 Å². The number of amides is 2. The van der Waals surface area contributed by atoms with Crippen LogP contribution in [0.2, 0.25) is 0 Å². The van der Waals surface area contributed by atoms with Gasteiger partial charge in [-0.05, 0) is 31.2 Å². The third-order valence-corrected chi connectivity index (χ3v) is 5.33. The van der Waals surface area contributed by atoms with Crippen LogP contribution in [0.25, 0.3) is 11.4 Å². The van der Waals surface area contributed by atoms with Gasteiger partial charge in [-0.3, -0.25) is 10.1 Å². The number of methoxy groups -OCH3 is 1. The van der Waals surface area contributed by atoms with E-state index >= 15 is 0 Å². The summed E-state index contributed by atoms with van der Waals surface area (Å²) in [5.74, 6) is 0.758. The molecule has 1 heterocycles. The first-order chi connectivity index (χ1) is 15.5. The summed E-state index contributed by atoms with van der Waals surface area (Å²) in [5, 5.41) is 5.79. The molecule has 0 aliphatic rings. The van der Waals surface area contributed by atoms with Crippen LogP contribution in [0.1, 0.15) is 21.5 Å². The lowest BCUT2D eigenvalue weighted by Gasteiger charge is -2.13. The number of ether oxygens (including phenoxy) is 1. The summed E-state index contributed by atoms with van der Waals surface area (Å²) in [4.78, 5) is 30.2. The first-order valence-corrected chi connectivity index (χ1v) is 10.6. The molecule has 4 aromatic rings. The minimum absolute atomic E-state index is 0.247. The predicted molar refractivity (Wildman–Crippen MR) is 126 cm³/mol. The topological polar surface area (TPSA) is 93.2 Å². The number of aromatic nitrogens is 2. The third-order valence-electron chi connectivity index (χ3n) is 4.70. The highest BCUT2D eigenvalue weighted by molar-refractivity contribution is 7.10. The second-order valence-corrected chi connectivity index (χ2v) is 7.70. The standard InChI is InChI=1S/C24H20N4O3S/c1-15-12-13-19(18(14-15)21(29)17-10-6-7-11-20(17)31-2)25-23(30)27-24-26-22(28-32-24)16-8-4-3-5-9-16/h3-14H,1-2H3,(H2,25,26,27,28,30). The van der Waals surface area contributed by atoms with Crippen molar-refractivity contribution in [2.75, 3.05) is 17.7 Å². The lowest BCUT2D eigenvalue weighted by Crippen LogP contribution is -2.21. The number of aryl methyl sites for hydroxylation is 1. The van der Waals surface area contributed by atoms with Crippen molar-refractivity contribution in [1.29, 1.82) is 0 Å². The molecule has 0 fully saturated rings. The van der Waals surface area contributed by atoms with Gasteiger partial charge in [-0.25, -0.2) is 4.79 Å². The van der Waals surface area contributed by atoms with Gasteiger partial charge in [0, 0.05) is 22.7 Å². The number of rotatable bonds is 6. The molecule has 2 amide bonds. The van der Waals surface area contributed by atoms with Gasteiger partial charge in [-0.1, -0.05) is 54.1 Å². The average molecular weight is 445 g/mol. The van der Waals surface area contributed by atoms with Crippen molar-refractivity contribution in [2.24, 2.45) is 0 Å². The van der Waals surface area contributed by atoms with E-state index in [1.54, 1.807) is 36.4 Å². The van der Waals surface area contributed by atoms with Crippen LogP contribution in [-0.4, -0.2) is 28.3 Å². The van der Waals surface area contributed by atoms with Crippen LogP contribution in [0.5, 0.6) is 5.75 Å². The fourth-order valence-electron chi connectivity index (χ4n) is 3.16. The summed E-state index contributed by atoms with van der Waals surface area (Å²) in [6, 6.07) is 21.2. The van der Waals surface area contributed by atoms with Crippen LogP contribution >= 0.6 is 11.5 Å². The van der Waals surface area contributed by atoms with E-state index in [-0.39, 0.29) is 5.78 Å². The molecular weight excluding hydrogens is 424 g/mol. The van der Waals surface area contributed by atoms with E-state index in [0.29, 0.717) is 33.5 Å². The van der Waals surface area contributed by atoms with Crippen LogP contribution < -0.4 is 15.4 Å². The summed E-state index contributed by atoms with van der Waals surface area (Å²) in [6.45, 7) is 1.88. The number of nitrogens with one attached hydrogen (secondary N) is 2. The smallest absolute Gasteiger partial charge is 0.325 e. The largest absolute Gasteiger partial charge is 0.496 e. The summed E-state index contributed by atoms with van der Waals surface area (Å²) < 4.78 is 9.61. The first-order valence-electron chi connectivity index (χ1n) is 9.80. The summed E-state index contributed by atoms with van der Waals surface area (Å²) in [7, 11) is 1.51. The molecule has 1 aromatic heterocycles. The molecule has 0 aliphatic carbocycles. The second kappa shape index (κ2) is 9.40. The van der Waals surface area contributed by atoms with Crippen LogP contribution in [0.4, 0.5) is 15.6 Å². The Morgan fingerprint density at radius 3 is 2.44 bits per heavy atom. The number of para-hydroxylation sites is 1. The van der Waals surface area contributed by atoms with Gasteiger partial charge in [0.15, 0.2) is 11.6 Å². The molecule has 0 saturated carbocycles. The lowest BCUT2D eigenvalue weighted by atomic mass is 9.99. The van der Waals surface area contributed by atoms with E-state index in [2.05, 4.69) is 20.0 Å². The molecule has 4 rings (SSSR count). The van der Waals surface area contributed by atoms with Gasteiger partial charge in [0.25, 0.3) is 0 Å². The lowest BCUT2D eigenvalue weighted by molar-refractivity contribution is 0.103. The van der Waals surface area contributed by atoms with Gasteiger partial charge in [-0.2, -0.15) is 9.36 Å². The van der Waals surface area contributed by atoms with E-state index in [9.17, 15) is 9.59 Å². The maximum absolute atomic E-state index is 13.2. The minimum atomic E-state index is -0.515. The quantitative estimate of drug-likeness (QED) is 0.389. The van der Waals surface area contributed by atoms with Gasteiger partial charge < -0.3 is 10.1 Å². The van der Waals surface area contributed by atoms with Crippen LogP contribution in [0, 0.1) is 6.92 Å². The number of nitrogens with zero attached hydrogens (tertiary/aromatic N) is 2. The second-order valence-electron chi connectivity index (χ2n) is 6.95. The SMILES string of the molecule is COc1ccccc1C(=O)c1cc(C)ccc1NC(=O)Nc1nc(-c2ccccc2)ns1. The Morgan fingerprint density at radius 1 is 0.906 bits per heavy atom. The number of ketones is 1. The van der Waals surface area contributed by atoms with Crippen molar-refractivity contribution in [3.8, 4) is 17.1 Å². The molecule has 0 bridgehead atoms. The van der Waals surface area contributed by atoms with Crippen molar-refractivity contribution in [3.63, 3.8) is 0 Å². The molecule has 0 aliphatic heterocycles. The number of urea groups is 1. The normalized spacial score (nSPS) is 10.4. The Morgan fingerprint density at radius 2 is 1.66 bits per heavy atom. The summed E-state index contributed by atoms with van der Waals surface area (Å²) >= 11 is 1.08. The van der Waals surface area contributed by atoms with Gasteiger partial charge in [0.2, 0.25) is 5.13 Å². The molecule has 2 N–H and O–H groups in total. The third kappa shape index (κ3) is 4.65. The summed E-state index contributed by atoms with van der Waals surface area (Å²) in [5.41, 5.74) is 2.93. The van der Waals surface area contributed by atoms with Crippen molar-refractivity contribution in [1.82, 2.24) is 9.36 Å². The van der Waals surface area contributed by atoms with E-state index < -0.39 is 6.03 Å². The zero-order valence-corrected chi connectivity index (χ0v) is 18.3. The molecule has 3 aromatic carbocycles. The first kappa shape index (κ1) is 21.2. The average Bonchev–Trinajstić information content (AvgIpc) is 3.28. The fourth-order valence-corrected chi connectivity index (χ4v) is 3.75. The molecule has 0 unspecified atom stereocenters. The van der Waals surface area contributed by atoms with E-state index in [1.165, 1.54) is 7.11 Å². The van der Waals surface area contributed by atoms with Gasteiger partial charge in [-0.15, -0.1) is 0 Å². The zero-order chi connectivity index (χ0) is 22.5. The van der Waals surface area contributed by atoms with Gasteiger partial charge in [0.1, 0.15) is 5.75 Å². The molecule has 0 spiro atoms. The Bertz CT molecular complexity index is 1270. The highest BCUT2D eigenvalue weighted by atomic mass is 32.1. The molecule has 0 radical (unpaired) electrons. The van der Waals surface area contributed by atoms with E-state index in [1.807, 2.05) is 43.3 Å². The van der Waals surface area contributed by atoms with Gasteiger partial charge >= 0.3 is 6.03 Å². The minimum Gasteiger partial charge on any atom is -0.496 e. The molecular formula is C24H20N4O3S. The highest BCUT2D eigenvalue weighted by Gasteiger charge is 2.19. The van der Waals surface area contributed by atoms with Crippen molar-refractivity contribution in [2.45, 2.75) is 6.92 Å². The molecule has 8 heteroatoms.